The lowest BCUT2D eigenvalue weighted by Gasteiger charge is -2.33. The van der Waals surface area contributed by atoms with Crippen molar-refractivity contribution in [1.29, 1.82) is 0 Å². The average molecular weight is 423 g/mol. The van der Waals surface area contributed by atoms with Crippen molar-refractivity contribution in [3.8, 4) is 22.9 Å². The topological polar surface area (TPSA) is 63.9 Å². The molecule has 0 spiro atoms. The molecule has 0 N–H and O–H groups in total. The molecule has 0 radical (unpaired) electrons. The molecule has 31 heavy (non-hydrogen) atoms. The molecule has 3 aromatic rings. The summed E-state index contributed by atoms with van der Waals surface area (Å²) < 4.78 is 16.5. The summed E-state index contributed by atoms with van der Waals surface area (Å²) in [5.41, 5.74) is 2.24. The van der Waals surface area contributed by atoms with Gasteiger partial charge < -0.3 is 14.0 Å². The molecule has 4 rings (SSSR count). The predicted molar refractivity (Wildman–Crippen MR) is 119 cm³/mol. The molecule has 0 unspecified atom stereocenters. The molecule has 0 saturated carbocycles. The van der Waals surface area contributed by atoms with Crippen LogP contribution in [0, 0.1) is 0 Å². The summed E-state index contributed by atoms with van der Waals surface area (Å²) in [6, 6.07) is 16.2. The first kappa shape index (κ1) is 21.3. The smallest absolute Gasteiger partial charge is 0.241 e. The Labute approximate surface area is 183 Å². The Kier molecular flexibility index (Phi) is 7.17. The zero-order valence-corrected chi connectivity index (χ0v) is 18.3. The van der Waals surface area contributed by atoms with Gasteiger partial charge in [0.2, 0.25) is 11.7 Å². The number of nitrogens with zero attached hydrogens (tertiary/aromatic N) is 4. The van der Waals surface area contributed by atoms with Gasteiger partial charge in [0.1, 0.15) is 11.5 Å². The molecule has 2 heterocycles. The van der Waals surface area contributed by atoms with E-state index < -0.39 is 0 Å². The number of piperazine rings is 1. The van der Waals surface area contributed by atoms with Crippen LogP contribution in [0.5, 0.6) is 11.5 Å². The minimum Gasteiger partial charge on any atom is -0.494 e. The van der Waals surface area contributed by atoms with Crippen LogP contribution in [0.4, 0.5) is 0 Å². The van der Waals surface area contributed by atoms with Crippen molar-refractivity contribution < 1.29 is 14.0 Å². The van der Waals surface area contributed by atoms with Crippen LogP contribution in [-0.2, 0) is 13.1 Å². The number of hydrogen-bond donors (Lipinski definition) is 0. The van der Waals surface area contributed by atoms with E-state index in [1.807, 2.05) is 50.2 Å². The van der Waals surface area contributed by atoms with E-state index in [1.165, 1.54) is 5.56 Å². The Morgan fingerprint density at radius 1 is 0.774 bits per heavy atom. The van der Waals surface area contributed by atoms with E-state index in [0.29, 0.717) is 31.5 Å². The molecule has 0 amide bonds. The lowest BCUT2D eigenvalue weighted by Crippen LogP contribution is -2.45. The third-order valence-electron chi connectivity index (χ3n) is 5.36. The van der Waals surface area contributed by atoms with E-state index in [1.54, 1.807) is 0 Å². The van der Waals surface area contributed by atoms with E-state index in [4.69, 9.17) is 14.0 Å². The number of ether oxygens (including phenoxy) is 2. The second-order valence-electron chi connectivity index (χ2n) is 7.60. The van der Waals surface area contributed by atoms with Gasteiger partial charge in [-0.1, -0.05) is 17.3 Å². The summed E-state index contributed by atoms with van der Waals surface area (Å²) >= 11 is 0. The summed E-state index contributed by atoms with van der Waals surface area (Å²) in [7, 11) is 0. The molecule has 1 saturated heterocycles. The third-order valence-corrected chi connectivity index (χ3v) is 5.36. The van der Waals surface area contributed by atoms with Gasteiger partial charge in [0, 0.05) is 38.3 Å². The van der Waals surface area contributed by atoms with Gasteiger partial charge in [0.25, 0.3) is 0 Å². The second-order valence-corrected chi connectivity index (χ2v) is 7.60. The number of aromatic nitrogens is 2. The molecule has 0 atom stereocenters. The maximum Gasteiger partial charge on any atom is 0.241 e. The fourth-order valence-electron chi connectivity index (χ4n) is 3.72. The molecule has 0 bridgehead atoms. The highest BCUT2D eigenvalue weighted by molar-refractivity contribution is 5.55. The Bertz CT molecular complexity index is 932. The molecule has 7 heteroatoms. The van der Waals surface area contributed by atoms with Gasteiger partial charge in [-0.15, -0.1) is 0 Å². The number of hydrogen-bond acceptors (Lipinski definition) is 7. The van der Waals surface area contributed by atoms with Crippen molar-refractivity contribution >= 4 is 0 Å². The van der Waals surface area contributed by atoms with Crippen molar-refractivity contribution in [3.63, 3.8) is 0 Å². The minimum atomic E-state index is 0.618. The van der Waals surface area contributed by atoms with Crippen molar-refractivity contribution in [3.05, 3.63) is 60.0 Å². The van der Waals surface area contributed by atoms with Gasteiger partial charge in [-0.3, -0.25) is 9.80 Å². The SMILES string of the molecule is CCOc1ccc(CN2CCN(Cc3nc(-c4ccc(OCC)cc4)no3)CC2)cc1. The van der Waals surface area contributed by atoms with E-state index in [2.05, 4.69) is 32.1 Å². The van der Waals surface area contributed by atoms with Crippen LogP contribution in [0.25, 0.3) is 11.4 Å². The zero-order valence-electron chi connectivity index (χ0n) is 18.3. The molecule has 164 valence electrons. The highest BCUT2D eigenvalue weighted by Gasteiger charge is 2.19. The standard InChI is InChI=1S/C24H30N4O3/c1-3-29-21-9-5-19(6-10-21)17-27-13-15-28(16-14-27)18-23-25-24(26-31-23)20-7-11-22(12-8-20)30-4-2/h5-12H,3-4,13-18H2,1-2H3. The lowest BCUT2D eigenvalue weighted by molar-refractivity contribution is 0.112. The summed E-state index contributed by atoms with van der Waals surface area (Å²) in [4.78, 5) is 9.42. The fourth-order valence-corrected chi connectivity index (χ4v) is 3.72. The van der Waals surface area contributed by atoms with Crippen LogP contribution in [0.3, 0.4) is 0 Å². The Balaban J connectivity index is 1.25. The van der Waals surface area contributed by atoms with E-state index in [9.17, 15) is 0 Å². The van der Waals surface area contributed by atoms with Crippen LogP contribution < -0.4 is 9.47 Å². The lowest BCUT2D eigenvalue weighted by atomic mass is 10.2. The van der Waals surface area contributed by atoms with Crippen molar-refractivity contribution in [2.24, 2.45) is 0 Å². The van der Waals surface area contributed by atoms with E-state index >= 15 is 0 Å². The number of benzene rings is 2. The molecule has 2 aromatic carbocycles. The Morgan fingerprint density at radius 2 is 1.32 bits per heavy atom. The summed E-state index contributed by atoms with van der Waals surface area (Å²) in [6.07, 6.45) is 0. The molecule has 1 fully saturated rings. The molecule has 1 aliphatic heterocycles. The molecule has 1 aliphatic rings. The first-order chi connectivity index (χ1) is 15.2. The summed E-state index contributed by atoms with van der Waals surface area (Å²) in [5, 5.41) is 4.14. The summed E-state index contributed by atoms with van der Waals surface area (Å²) in [6.45, 7) is 11.0. The van der Waals surface area contributed by atoms with Gasteiger partial charge in [-0.2, -0.15) is 4.98 Å². The molecule has 1 aromatic heterocycles. The highest BCUT2D eigenvalue weighted by atomic mass is 16.5. The predicted octanol–water partition coefficient (Wildman–Crippen LogP) is 3.85. The van der Waals surface area contributed by atoms with Crippen molar-refractivity contribution in [2.75, 3.05) is 39.4 Å². The molecule has 0 aliphatic carbocycles. The van der Waals surface area contributed by atoms with Crippen LogP contribution >= 0.6 is 0 Å². The molecule has 7 nitrogen and oxygen atoms in total. The highest BCUT2D eigenvalue weighted by Crippen LogP contribution is 2.21. The van der Waals surface area contributed by atoms with Crippen molar-refractivity contribution in [2.45, 2.75) is 26.9 Å². The second kappa shape index (κ2) is 10.4. The first-order valence-corrected chi connectivity index (χ1v) is 11.0. The zero-order chi connectivity index (χ0) is 21.5. The van der Waals surface area contributed by atoms with Gasteiger partial charge in [0.15, 0.2) is 0 Å². The Morgan fingerprint density at radius 3 is 1.90 bits per heavy atom. The monoisotopic (exact) mass is 422 g/mol. The van der Waals surface area contributed by atoms with Gasteiger partial charge in [-0.25, -0.2) is 0 Å². The van der Waals surface area contributed by atoms with E-state index in [-0.39, 0.29) is 0 Å². The third kappa shape index (κ3) is 5.83. The fraction of sp³-hybridized carbons (Fsp3) is 0.417. The average Bonchev–Trinajstić information content (AvgIpc) is 3.26. The van der Waals surface area contributed by atoms with Gasteiger partial charge >= 0.3 is 0 Å². The summed E-state index contributed by atoms with van der Waals surface area (Å²) in [5.74, 6) is 3.05. The minimum absolute atomic E-state index is 0.618. The van der Waals surface area contributed by atoms with Crippen LogP contribution in [-0.4, -0.2) is 59.3 Å². The number of rotatable bonds is 9. The van der Waals surface area contributed by atoms with Gasteiger partial charge in [-0.05, 0) is 55.8 Å². The molecular weight excluding hydrogens is 392 g/mol. The quantitative estimate of drug-likeness (QED) is 0.519. The van der Waals surface area contributed by atoms with Gasteiger partial charge in [0.05, 0.1) is 19.8 Å². The Hall–Kier alpha value is -2.90. The maximum absolute atomic E-state index is 5.52. The molecular formula is C24H30N4O3. The normalized spacial score (nSPS) is 15.2. The largest absolute Gasteiger partial charge is 0.494 e. The first-order valence-electron chi connectivity index (χ1n) is 11.0. The van der Waals surface area contributed by atoms with Crippen LogP contribution in [0.1, 0.15) is 25.3 Å². The van der Waals surface area contributed by atoms with Crippen LogP contribution in [0.15, 0.2) is 53.1 Å². The van der Waals surface area contributed by atoms with E-state index in [0.717, 1.165) is 49.8 Å². The van der Waals surface area contributed by atoms with Crippen molar-refractivity contribution in [1.82, 2.24) is 19.9 Å². The van der Waals surface area contributed by atoms with Crippen LogP contribution in [0.2, 0.25) is 0 Å². The maximum atomic E-state index is 5.52.